The first-order valence-corrected chi connectivity index (χ1v) is 11.5. The Labute approximate surface area is 198 Å². The summed E-state index contributed by atoms with van der Waals surface area (Å²) in [7, 11) is 0. The molecular weight excluding hydrogens is 424 g/mol. The second kappa shape index (κ2) is 8.67. The molecule has 6 rings (SSSR count). The van der Waals surface area contributed by atoms with Crippen molar-refractivity contribution in [2.75, 3.05) is 26.2 Å². The van der Waals surface area contributed by atoms with Crippen LogP contribution in [0.1, 0.15) is 23.2 Å². The zero-order valence-electron chi connectivity index (χ0n) is 18.7. The summed E-state index contributed by atoms with van der Waals surface area (Å²) in [5.41, 5.74) is 5.84. The molecule has 0 aliphatic carbocycles. The van der Waals surface area contributed by atoms with E-state index in [0.717, 1.165) is 33.9 Å². The van der Waals surface area contributed by atoms with Gasteiger partial charge in [0.2, 0.25) is 0 Å². The molecule has 4 aromatic rings. The Balaban J connectivity index is 1.10. The van der Waals surface area contributed by atoms with Crippen LogP contribution in [0.3, 0.4) is 0 Å². The first kappa shape index (κ1) is 20.5. The summed E-state index contributed by atoms with van der Waals surface area (Å²) in [5.74, 6) is 0.407. The molecule has 2 amide bonds. The van der Waals surface area contributed by atoms with Crippen LogP contribution in [0.5, 0.6) is 0 Å². The van der Waals surface area contributed by atoms with E-state index in [2.05, 4.69) is 19.9 Å². The SMILES string of the molecule is O=C(N1CC(c2nccnc2-c2ccccc2)C1)N1CC(c2nccnc2-c2ccccc2)C1. The highest BCUT2D eigenvalue weighted by Crippen LogP contribution is 2.36. The first-order valence-electron chi connectivity index (χ1n) is 11.5. The maximum absolute atomic E-state index is 13.1. The molecule has 4 heterocycles. The van der Waals surface area contributed by atoms with Crippen LogP contribution in [0, 0.1) is 0 Å². The molecule has 0 unspecified atom stereocenters. The minimum atomic E-state index is 0.0859. The van der Waals surface area contributed by atoms with Crippen molar-refractivity contribution >= 4 is 6.03 Å². The number of nitrogens with zero attached hydrogens (tertiary/aromatic N) is 6. The first-order chi connectivity index (χ1) is 16.8. The van der Waals surface area contributed by atoms with Crippen LogP contribution in [0.4, 0.5) is 4.79 Å². The molecule has 2 aromatic carbocycles. The van der Waals surface area contributed by atoms with Gasteiger partial charge in [-0.3, -0.25) is 19.9 Å². The predicted molar refractivity (Wildman–Crippen MR) is 129 cm³/mol. The summed E-state index contributed by atoms with van der Waals surface area (Å²) in [6, 6.07) is 20.3. The topological polar surface area (TPSA) is 75.1 Å². The third-order valence-corrected chi connectivity index (χ3v) is 6.63. The van der Waals surface area contributed by atoms with Crippen molar-refractivity contribution in [3.8, 4) is 22.5 Å². The number of aromatic nitrogens is 4. The summed E-state index contributed by atoms with van der Waals surface area (Å²) < 4.78 is 0. The monoisotopic (exact) mass is 448 g/mol. The molecule has 2 fully saturated rings. The molecule has 2 aliphatic heterocycles. The molecule has 7 heteroatoms. The fourth-order valence-electron chi connectivity index (χ4n) is 4.75. The lowest BCUT2D eigenvalue weighted by atomic mass is 9.90. The zero-order chi connectivity index (χ0) is 22.9. The number of amides is 2. The predicted octanol–water partition coefficient (Wildman–Crippen LogP) is 4.22. The Hall–Kier alpha value is -4.13. The van der Waals surface area contributed by atoms with Gasteiger partial charge in [0, 0.05) is 73.9 Å². The lowest BCUT2D eigenvalue weighted by Gasteiger charge is -2.46. The van der Waals surface area contributed by atoms with Crippen LogP contribution in [-0.4, -0.2) is 61.9 Å². The van der Waals surface area contributed by atoms with E-state index < -0.39 is 0 Å². The van der Waals surface area contributed by atoms with E-state index in [9.17, 15) is 4.79 Å². The number of hydrogen-bond acceptors (Lipinski definition) is 5. The third kappa shape index (κ3) is 3.69. The molecule has 0 saturated carbocycles. The lowest BCUT2D eigenvalue weighted by molar-refractivity contribution is 0.0836. The second-order valence-corrected chi connectivity index (χ2v) is 8.80. The molecule has 34 heavy (non-hydrogen) atoms. The summed E-state index contributed by atoms with van der Waals surface area (Å²) in [4.78, 5) is 35.2. The number of likely N-dealkylation sites (tertiary alicyclic amines) is 2. The number of carbonyl (C=O) groups is 1. The van der Waals surface area contributed by atoms with E-state index in [0.29, 0.717) is 26.2 Å². The molecular formula is C27H24N6O. The number of benzene rings is 2. The van der Waals surface area contributed by atoms with E-state index in [1.165, 1.54) is 0 Å². The van der Waals surface area contributed by atoms with Crippen LogP contribution >= 0.6 is 0 Å². The smallest absolute Gasteiger partial charge is 0.320 e. The van der Waals surface area contributed by atoms with Crippen LogP contribution in [0.2, 0.25) is 0 Å². The van der Waals surface area contributed by atoms with Crippen molar-refractivity contribution in [3.05, 3.63) is 96.8 Å². The van der Waals surface area contributed by atoms with Crippen LogP contribution < -0.4 is 0 Å². The Morgan fingerprint density at radius 2 is 0.971 bits per heavy atom. The van der Waals surface area contributed by atoms with E-state index in [-0.39, 0.29) is 17.9 Å². The van der Waals surface area contributed by atoms with Crippen LogP contribution in [0.25, 0.3) is 22.5 Å². The fourth-order valence-corrected chi connectivity index (χ4v) is 4.75. The van der Waals surface area contributed by atoms with Gasteiger partial charge < -0.3 is 9.80 Å². The molecule has 0 N–H and O–H groups in total. The zero-order valence-corrected chi connectivity index (χ0v) is 18.7. The third-order valence-electron chi connectivity index (χ3n) is 6.63. The highest BCUT2D eigenvalue weighted by Gasteiger charge is 2.41. The van der Waals surface area contributed by atoms with Gasteiger partial charge in [0.15, 0.2) is 0 Å². The molecule has 2 aromatic heterocycles. The molecule has 7 nitrogen and oxygen atoms in total. The van der Waals surface area contributed by atoms with E-state index in [4.69, 9.17) is 0 Å². The van der Waals surface area contributed by atoms with Crippen LogP contribution in [0.15, 0.2) is 85.5 Å². The summed E-state index contributed by atoms with van der Waals surface area (Å²) in [6.07, 6.45) is 6.92. The van der Waals surface area contributed by atoms with Gasteiger partial charge >= 0.3 is 6.03 Å². The van der Waals surface area contributed by atoms with E-state index in [1.54, 1.807) is 24.8 Å². The van der Waals surface area contributed by atoms with Crippen molar-refractivity contribution in [1.29, 1.82) is 0 Å². The lowest BCUT2D eigenvalue weighted by Crippen LogP contribution is -2.59. The van der Waals surface area contributed by atoms with Crippen LogP contribution in [-0.2, 0) is 0 Å². The minimum Gasteiger partial charge on any atom is -0.323 e. The van der Waals surface area contributed by atoms with Gasteiger partial charge in [-0.15, -0.1) is 0 Å². The maximum Gasteiger partial charge on any atom is 0.320 e. The second-order valence-electron chi connectivity index (χ2n) is 8.80. The van der Waals surface area contributed by atoms with E-state index in [1.807, 2.05) is 70.5 Å². The average Bonchev–Trinajstić information content (AvgIpc) is 2.84. The molecule has 2 aliphatic rings. The summed E-state index contributed by atoms with van der Waals surface area (Å²) in [6.45, 7) is 2.66. The molecule has 0 bridgehead atoms. The fraction of sp³-hybridized carbons (Fsp3) is 0.222. The highest BCUT2D eigenvalue weighted by molar-refractivity contribution is 5.77. The van der Waals surface area contributed by atoms with Crippen molar-refractivity contribution in [2.45, 2.75) is 11.8 Å². The normalized spacial score (nSPS) is 16.1. The van der Waals surface area contributed by atoms with Crippen molar-refractivity contribution in [3.63, 3.8) is 0 Å². The van der Waals surface area contributed by atoms with Gasteiger partial charge in [-0.05, 0) is 0 Å². The number of hydrogen-bond donors (Lipinski definition) is 0. The number of urea groups is 1. The molecule has 0 radical (unpaired) electrons. The van der Waals surface area contributed by atoms with Gasteiger partial charge in [-0.1, -0.05) is 60.7 Å². The van der Waals surface area contributed by atoms with E-state index >= 15 is 0 Å². The van der Waals surface area contributed by atoms with Crippen molar-refractivity contribution in [1.82, 2.24) is 29.7 Å². The average molecular weight is 449 g/mol. The number of carbonyl (C=O) groups excluding carboxylic acids is 1. The summed E-state index contributed by atoms with van der Waals surface area (Å²) in [5, 5.41) is 0. The van der Waals surface area contributed by atoms with Gasteiger partial charge in [-0.25, -0.2) is 4.79 Å². The largest absolute Gasteiger partial charge is 0.323 e. The quantitative estimate of drug-likeness (QED) is 0.467. The Bertz CT molecular complexity index is 1200. The maximum atomic E-state index is 13.1. The highest BCUT2D eigenvalue weighted by atomic mass is 16.2. The molecule has 0 spiro atoms. The summed E-state index contributed by atoms with van der Waals surface area (Å²) >= 11 is 0. The van der Waals surface area contributed by atoms with Crippen molar-refractivity contribution in [2.24, 2.45) is 0 Å². The molecule has 2 saturated heterocycles. The minimum absolute atomic E-state index is 0.0859. The van der Waals surface area contributed by atoms with Gasteiger partial charge in [-0.2, -0.15) is 0 Å². The number of rotatable bonds is 4. The molecule has 168 valence electrons. The standard InChI is InChI=1S/C27H24N6O/c34-27(32-15-21(16-32)25-23(28-11-13-30-25)19-7-3-1-4-8-19)33-17-22(18-33)26-24(29-12-14-31-26)20-9-5-2-6-10-20/h1-14,21-22H,15-18H2. The Morgan fingerprint density at radius 3 is 1.38 bits per heavy atom. The van der Waals surface area contributed by atoms with Gasteiger partial charge in [0.25, 0.3) is 0 Å². The van der Waals surface area contributed by atoms with Gasteiger partial charge in [0.1, 0.15) is 0 Å². The van der Waals surface area contributed by atoms with Crippen molar-refractivity contribution < 1.29 is 4.79 Å². The van der Waals surface area contributed by atoms with Gasteiger partial charge in [0.05, 0.1) is 22.8 Å². The Kier molecular flexibility index (Phi) is 5.22. The molecule has 0 atom stereocenters. The Morgan fingerprint density at radius 1 is 0.588 bits per heavy atom.